The molecule has 0 aliphatic heterocycles. The Hall–Kier alpha value is -1.65. The van der Waals surface area contributed by atoms with E-state index in [4.69, 9.17) is 10.6 Å². The van der Waals surface area contributed by atoms with Crippen LogP contribution in [0.4, 0.5) is 5.82 Å². The van der Waals surface area contributed by atoms with Crippen molar-refractivity contribution >= 4 is 16.7 Å². The third kappa shape index (κ3) is 2.85. The molecule has 2 aromatic rings. The molecule has 4 nitrogen and oxygen atoms in total. The summed E-state index contributed by atoms with van der Waals surface area (Å²) < 4.78 is 5.15. The number of hydrazine groups is 1. The number of pyridine rings is 1. The Labute approximate surface area is 113 Å². The van der Waals surface area contributed by atoms with Gasteiger partial charge >= 0.3 is 0 Å². The summed E-state index contributed by atoms with van der Waals surface area (Å²) in [5, 5.41) is 1.15. The zero-order chi connectivity index (χ0) is 13.8. The Morgan fingerprint density at radius 3 is 2.79 bits per heavy atom. The molecule has 1 aromatic heterocycles. The van der Waals surface area contributed by atoms with E-state index in [0.717, 1.165) is 28.7 Å². The summed E-state index contributed by atoms with van der Waals surface area (Å²) in [5.41, 5.74) is 6.03. The van der Waals surface area contributed by atoms with E-state index in [1.54, 1.807) is 7.11 Å². The quantitative estimate of drug-likeness (QED) is 0.640. The average Bonchev–Trinajstić information content (AvgIpc) is 2.43. The van der Waals surface area contributed by atoms with Gasteiger partial charge in [-0.25, -0.2) is 10.8 Å². The number of aromatic nitrogens is 1. The first-order chi connectivity index (χ1) is 9.17. The van der Waals surface area contributed by atoms with Gasteiger partial charge in [0.05, 0.1) is 12.1 Å². The van der Waals surface area contributed by atoms with Gasteiger partial charge in [-0.15, -0.1) is 0 Å². The van der Waals surface area contributed by atoms with E-state index >= 15 is 0 Å². The molecule has 4 heteroatoms. The van der Waals surface area contributed by atoms with Gasteiger partial charge < -0.3 is 10.2 Å². The van der Waals surface area contributed by atoms with Gasteiger partial charge in [0, 0.05) is 12.5 Å². The summed E-state index contributed by atoms with van der Waals surface area (Å²) in [4.78, 5) is 4.68. The predicted molar refractivity (Wildman–Crippen MR) is 79.2 cm³/mol. The van der Waals surface area contributed by atoms with E-state index in [2.05, 4.69) is 48.5 Å². The van der Waals surface area contributed by atoms with Crippen LogP contribution in [-0.2, 0) is 11.2 Å². The average molecular weight is 259 g/mol. The van der Waals surface area contributed by atoms with Crippen LogP contribution in [0, 0.1) is 0 Å². The molecular weight excluding hydrogens is 238 g/mol. The van der Waals surface area contributed by atoms with Crippen LogP contribution in [0.15, 0.2) is 24.3 Å². The number of methoxy groups -OCH3 is 1. The number of rotatable bonds is 5. The number of nitrogens with zero attached hydrogens (tertiary/aromatic N) is 1. The molecule has 0 aliphatic rings. The number of nitrogen functional groups attached to an aromatic ring is 1. The first-order valence-corrected chi connectivity index (χ1v) is 6.55. The van der Waals surface area contributed by atoms with Crippen molar-refractivity contribution in [3.63, 3.8) is 0 Å². The fourth-order valence-corrected chi connectivity index (χ4v) is 2.25. The maximum atomic E-state index is 5.59. The van der Waals surface area contributed by atoms with Gasteiger partial charge in [-0.1, -0.05) is 32.0 Å². The summed E-state index contributed by atoms with van der Waals surface area (Å²) in [6, 6.07) is 8.40. The maximum Gasteiger partial charge on any atom is 0.144 e. The number of nitrogens with two attached hydrogens (primary N) is 1. The van der Waals surface area contributed by atoms with Crippen molar-refractivity contribution in [3.05, 3.63) is 35.4 Å². The standard InChI is InChI=1S/C15H21N3O/c1-10(2)13-9-12-6-4-5-11(7-8-19-3)14(12)17-15(13)18-16/h4-6,9-10H,7-8,16H2,1-3H3,(H,17,18). The summed E-state index contributed by atoms with van der Waals surface area (Å²) in [5.74, 6) is 6.73. The highest BCUT2D eigenvalue weighted by molar-refractivity contribution is 5.84. The highest BCUT2D eigenvalue weighted by atomic mass is 16.5. The van der Waals surface area contributed by atoms with E-state index in [0.29, 0.717) is 12.5 Å². The molecule has 3 N–H and O–H groups in total. The zero-order valence-electron chi connectivity index (χ0n) is 11.7. The molecule has 1 heterocycles. The number of hydrogen-bond donors (Lipinski definition) is 2. The van der Waals surface area contributed by atoms with Crippen LogP contribution in [0.2, 0.25) is 0 Å². The summed E-state index contributed by atoms with van der Waals surface area (Å²) in [6.45, 7) is 4.97. The molecule has 0 amide bonds. The molecule has 102 valence electrons. The Bertz CT molecular complexity index is 567. The topological polar surface area (TPSA) is 60.2 Å². The molecule has 0 fully saturated rings. The molecule has 19 heavy (non-hydrogen) atoms. The van der Waals surface area contributed by atoms with Crippen LogP contribution in [0.3, 0.4) is 0 Å². The number of para-hydroxylation sites is 1. The molecule has 0 saturated carbocycles. The third-order valence-electron chi connectivity index (χ3n) is 3.29. The van der Waals surface area contributed by atoms with Gasteiger partial charge in [-0.3, -0.25) is 0 Å². The Kier molecular flexibility index (Phi) is 4.35. The number of hydrogen-bond acceptors (Lipinski definition) is 4. The Balaban J connectivity index is 2.56. The normalized spacial score (nSPS) is 11.2. The van der Waals surface area contributed by atoms with Gasteiger partial charge in [0.25, 0.3) is 0 Å². The van der Waals surface area contributed by atoms with Gasteiger partial charge in [-0.2, -0.15) is 0 Å². The molecule has 0 saturated heterocycles. The van der Waals surface area contributed by atoms with E-state index in [-0.39, 0.29) is 0 Å². The molecule has 0 spiro atoms. The second-order valence-corrected chi connectivity index (χ2v) is 4.96. The van der Waals surface area contributed by atoms with Crippen molar-refractivity contribution in [2.45, 2.75) is 26.2 Å². The fourth-order valence-electron chi connectivity index (χ4n) is 2.25. The second kappa shape index (κ2) is 5.99. The SMILES string of the molecule is COCCc1cccc2cc(C(C)C)c(NN)nc12. The lowest BCUT2D eigenvalue weighted by molar-refractivity contribution is 0.202. The van der Waals surface area contributed by atoms with E-state index in [9.17, 15) is 0 Å². The minimum absolute atomic E-state index is 0.380. The predicted octanol–water partition coefficient (Wildman–Crippen LogP) is 2.83. The van der Waals surface area contributed by atoms with Crippen molar-refractivity contribution in [3.8, 4) is 0 Å². The molecule has 0 unspecified atom stereocenters. The first-order valence-electron chi connectivity index (χ1n) is 6.55. The number of ether oxygens (including phenoxy) is 1. The highest BCUT2D eigenvalue weighted by Gasteiger charge is 2.11. The third-order valence-corrected chi connectivity index (χ3v) is 3.29. The van der Waals surface area contributed by atoms with Crippen LogP contribution < -0.4 is 11.3 Å². The lowest BCUT2D eigenvalue weighted by Crippen LogP contribution is -2.12. The molecular formula is C15H21N3O. The van der Waals surface area contributed by atoms with Crippen molar-refractivity contribution < 1.29 is 4.74 Å². The smallest absolute Gasteiger partial charge is 0.144 e. The van der Waals surface area contributed by atoms with Crippen molar-refractivity contribution in [1.29, 1.82) is 0 Å². The molecule has 0 aliphatic carbocycles. The second-order valence-electron chi connectivity index (χ2n) is 4.96. The fraction of sp³-hybridized carbons (Fsp3) is 0.400. The Morgan fingerprint density at radius 2 is 2.16 bits per heavy atom. The number of benzene rings is 1. The monoisotopic (exact) mass is 259 g/mol. The van der Waals surface area contributed by atoms with Crippen molar-refractivity contribution in [2.75, 3.05) is 19.1 Å². The molecule has 0 bridgehead atoms. The molecule has 1 aromatic carbocycles. The lowest BCUT2D eigenvalue weighted by Gasteiger charge is -2.14. The highest BCUT2D eigenvalue weighted by Crippen LogP contribution is 2.28. The Morgan fingerprint density at radius 1 is 1.37 bits per heavy atom. The van der Waals surface area contributed by atoms with E-state index in [1.807, 2.05) is 0 Å². The molecule has 2 rings (SSSR count). The summed E-state index contributed by atoms with van der Waals surface area (Å²) >= 11 is 0. The molecule has 0 radical (unpaired) electrons. The van der Waals surface area contributed by atoms with Crippen LogP contribution >= 0.6 is 0 Å². The van der Waals surface area contributed by atoms with Crippen molar-refractivity contribution in [1.82, 2.24) is 4.98 Å². The van der Waals surface area contributed by atoms with Gasteiger partial charge in [0.1, 0.15) is 5.82 Å². The van der Waals surface area contributed by atoms with Crippen LogP contribution in [0.1, 0.15) is 30.9 Å². The minimum Gasteiger partial charge on any atom is -0.384 e. The van der Waals surface area contributed by atoms with Gasteiger partial charge in [0.2, 0.25) is 0 Å². The van der Waals surface area contributed by atoms with E-state index in [1.165, 1.54) is 5.56 Å². The largest absolute Gasteiger partial charge is 0.384 e. The number of fused-ring (bicyclic) bond motifs is 1. The lowest BCUT2D eigenvalue weighted by atomic mass is 10.00. The van der Waals surface area contributed by atoms with Crippen LogP contribution in [0.5, 0.6) is 0 Å². The zero-order valence-corrected chi connectivity index (χ0v) is 11.7. The minimum atomic E-state index is 0.380. The first kappa shape index (κ1) is 13.8. The number of nitrogens with one attached hydrogen (secondary N) is 1. The maximum absolute atomic E-state index is 5.59. The summed E-state index contributed by atoms with van der Waals surface area (Å²) in [7, 11) is 1.71. The van der Waals surface area contributed by atoms with Gasteiger partial charge in [-0.05, 0) is 29.5 Å². The van der Waals surface area contributed by atoms with Crippen molar-refractivity contribution in [2.24, 2.45) is 5.84 Å². The summed E-state index contributed by atoms with van der Waals surface area (Å²) in [6.07, 6.45) is 0.853. The molecule has 0 atom stereocenters. The van der Waals surface area contributed by atoms with Gasteiger partial charge in [0.15, 0.2) is 0 Å². The van der Waals surface area contributed by atoms with Crippen LogP contribution in [0.25, 0.3) is 10.9 Å². The number of anilines is 1. The van der Waals surface area contributed by atoms with Crippen LogP contribution in [-0.4, -0.2) is 18.7 Å². The van der Waals surface area contributed by atoms with E-state index < -0.39 is 0 Å².